The molecule has 0 saturated carbocycles. The third kappa shape index (κ3) is 7.23. The molecule has 1 heterocycles. The number of benzene rings is 3. The van der Waals surface area contributed by atoms with E-state index in [9.17, 15) is 4.79 Å². The highest BCUT2D eigenvalue weighted by atomic mass is 16.6. The average Bonchev–Trinajstić information content (AvgIpc) is 2.89. The zero-order valence-electron chi connectivity index (χ0n) is 21.9. The van der Waals surface area contributed by atoms with Crippen LogP contribution in [0.1, 0.15) is 56.2 Å². The number of nitrogens with zero attached hydrogens (tertiary/aromatic N) is 2. The molecule has 0 aromatic heterocycles. The maximum Gasteiger partial charge on any atom is 0.410 e. The summed E-state index contributed by atoms with van der Waals surface area (Å²) in [6, 6.07) is 23.1. The number of ether oxygens (including phenoxy) is 2. The third-order valence-electron chi connectivity index (χ3n) is 6.69. The summed E-state index contributed by atoms with van der Waals surface area (Å²) in [5, 5.41) is 14.2. The van der Waals surface area contributed by atoms with Gasteiger partial charge in [-0.1, -0.05) is 65.8 Å². The fourth-order valence-electron chi connectivity index (χ4n) is 4.74. The van der Waals surface area contributed by atoms with Crippen LogP contribution in [0.4, 0.5) is 4.79 Å². The van der Waals surface area contributed by atoms with Gasteiger partial charge in [-0.15, -0.1) is 0 Å². The normalized spacial score (nSPS) is 18.7. The van der Waals surface area contributed by atoms with Crippen molar-refractivity contribution in [2.45, 2.75) is 64.3 Å². The molecule has 3 aromatic rings. The van der Waals surface area contributed by atoms with Crippen LogP contribution in [-0.2, 0) is 22.5 Å². The maximum absolute atomic E-state index is 12.8. The van der Waals surface area contributed by atoms with Crippen LogP contribution in [0.15, 0.2) is 71.9 Å². The van der Waals surface area contributed by atoms with E-state index >= 15 is 0 Å². The van der Waals surface area contributed by atoms with Crippen molar-refractivity contribution >= 4 is 22.7 Å². The predicted octanol–water partition coefficient (Wildman–Crippen LogP) is 5.83. The van der Waals surface area contributed by atoms with Crippen LogP contribution in [0.25, 0.3) is 10.8 Å². The first kappa shape index (κ1) is 26.5. The summed E-state index contributed by atoms with van der Waals surface area (Å²) in [4.78, 5) is 14.6. The van der Waals surface area contributed by atoms with Crippen LogP contribution in [0.5, 0.6) is 0 Å². The van der Waals surface area contributed by atoms with E-state index in [0.717, 1.165) is 17.5 Å². The Labute approximate surface area is 218 Å². The van der Waals surface area contributed by atoms with Crippen molar-refractivity contribution in [1.82, 2.24) is 4.90 Å². The van der Waals surface area contributed by atoms with Gasteiger partial charge in [0.25, 0.3) is 0 Å². The number of carbonyl (C=O) groups is 1. The molecule has 2 atom stereocenters. The highest BCUT2D eigenvalue weighted by Gasteiger charge is 2.35. The molecule has 196 valence electrons. The van der Waals surface area contributed by atoms with Crippen molar-refractivity contribution in [3.63, 3.8) is 0 Å². The van der Waals surface area contributed by atoms with Crippen molar-refractivity contribution in [2.75, 3.05) is 13.1 Å². The van der Waals surface area contributed by atoms with Gasteiger partial charge >= 0.3 is 6.09 Å². The number of rotatable bonds is 7. The van der Waals surface area contributed by atoms with Gasteiger partial charge in [0.2, 0.25) is 0 Å². The summed E-state index contributed by atoms with van der Waals surface area (Å²) >= 11 is 0. The number of piperidine rings is 1. The van der Waals surface area contributed by atoms with Crippen molar-refractivity contribution in [1.29, 1.82) is 0 Å². The van der Waals surface area contributed by atoms with Crippen molar-refractivity contribution < 1.29 is 19.5 Å². The van der Waals surface area contributed by atoms with E-state index in [1.165, 1.54) is 16.3 Å². The van der Waals surface area contributed by atoms with Crippen LogP contribution >= 0.6 is 0 Å². The van der Waals surface area contributed by atoms with Crippen LogP contribution in [0, 0.1) is 0 Å². The van der Waals surface area contributed by atoms with E-state index < -0.39 is 5.60 Å². The number of oxime groups is 1. The SMILES string of the molecule is CC(C)(C)OC(=O)N1CCC(c2ccc(CCC(N)=NO)cc2)C(OCc2ccc3ccccc3c2)C1. The number of amidine groups is 1. The Morgan fingerprint density at radius 1 is 1.05 bits per heavy atom. The molecule has 0 radical (unpaired) electrons. The molecule has 0 bridgehead atoms. The molecule has 1 aliphatic heterocycles. The Hall–Kier alpha value is -3.58. The van der Waals surface area contributed by atoms with Gasteiger partial charge in [0, 0.05) is 18.9 Å². The molecule has 7 heteroatoms. The van der Waals surface area contributed by atoms with Gasteiger partial charge in [0.15, 0.2) is 0 Å². The van der Waals surface area contributed by atoms with Gasteiger partial charge in [-0.2, -0.15) is 0 Å². The molecule has 1 amide bonds. The first-order valence-corrected chi connectivity index (χ1v) is 12.8. The number of hydrogen-bond acceptors (Lipinski definition) is 5. The summed E-state index contributed by atoms with van der Waals surface area (Å²) in [5.74, 6) is 0.373. The number of fused-ring (bicyclic) bond motifs is 1. The highest BCUT2D eigenvalue weighted by Crippen LogP contribution is 2.32. The van der Waals surface area contributed by atoms with E-state index in [1.807, 2.05) is 32.9 Å². The molecule has 37 heavy (non-hydrogen) atoms. The molecule has 1 aliphatic rings. The smallest absolute Gasteiger partial charge is 0.410 e. The second kappa shape index (κ2) is 11.6. The Bertz CT molecular complexity index is 1230. The highest BCUT2D eigenvalue weighted by molar-refractivity contribution is 5.83. The van der Waals surface area contributed by atoms with Crippen molar-refractivity contribution in [2.24, 2.45) is 10.9 Å². The lowest BCUT2D eigenvalue weighted by Gasteiger charge is -2.39. The second-order valence-corrected chi connectivity index (χ2v) is 10.7. The number of aryl methyl sites for hydroxylation is 1. The minimum Gasteiger partial charge on any atom is -0.444 e. The lowest BCUT2D eigenvalue weighted by molar-refractivity contribution is -0.0359. The minimum atomic E-state index is -0.546. The lowest BCUT2D eigenvalue weighted by Crippen LogP contribution is -2.48. The molecule has 3 aromatic carbocycles. The van der Waals surface area contributed by atoms with Gasteiger partial charge in [-0.05, 0) is 67.1 Å². The Balaban J connectivity index is 1.50. The third-order valence-corrected chi connectivity index (χ3v) is 6.69. The molecular weight excluding hydrogens is 466 g/mol. The first-order chi connectivity index (χ1) is 17.7. The van der Waals surface area contributed by atoms with E-state index in [1.54, 1.807) is 4.90 Å². The minimum absolute atomic E-state index is 0.150. The molecular formula is C30H37N3O4. The number of hydrogen-bond donors (Lipinski definition) is 2. The molecule has 2 unspecified atom stereocenters. The number of carbonyl (C=O) groups excluding carboxylic acids is 1. The van der Waals surface area contributed by atoms with E-state index in [-0.39, 0.29) is 24.0 Å². The molecule has 4 rings (SSSR count). The first-order valence-electron chi connectivity index (χ1n) is 12.8. The standard InChI is InChI=1S/C30H37N3O4/c1-30(2,3)37-29(34)33-17-16-26(24-13-8-21(9-14-24)11-15-28(31)32-35)27(19-33)36-20-22-10-12-23-6-4-5-7-25(23)18-22/h4-10,12-14,18,26-27,35H,11,15-17,19-20H2,1-3H3,(H2,31,32). The van der Waals surface area contributed by atoms with Gasteiger partial charge < -0.3 is 25.3 Å². The Morgan fingerprint density at radius 3 is 2.46 bits per heavy atom. The van der Waals surface area contributed by atoms with E-state index in [0.29, 0.717) is 32.5 Å². The molecule has 1 saturated heterocycles. The topological polar surface area (TPSA) is 97.4 Å². The van der Waals surface area contributed by atoms with E-state index in [2.05, 4.69) is 59.8 Å². The number of nitrogens with two attached hydrogens (primary N) is 1. The second-order valence-electron chi connectivity index (χ2n) is 10.7. The Morgan fingerprint density at radius 2 is 1.76 bits per heavy atom. The summed E-state index contributed by atoms with van der Waals surface area (Å²) in [6.45, 7) is 7.19. The van der Waals surface area contributed by atoms with Crippen LogP contribution in [0.2, 0.25) is 0 Å². The fraction of sp³-hybridized carbons (Fsp3) is 0.400. The molecule has 0 aliphatic carbocycles. The molecule has 0 spiro atoms. The quantitative estimate of drug-likeness (QED) is 0.183. The van der Waals surface area contributed by atoms with E-state index in [4.69, 9.17) is 20.4 Å². The zero-order valence-corrected chi connectivity index (χ0v) is 21.9. The monoisotopic (exact) mass is 503 g/mol. The predicted molar refractivity (Wildman–Crippen MR) is 146 cm³/mol. The molecule has 1 fully saturated rings. The van der Waals surface area contributed by atoms with Crippen molar-refractivity contribution in [3.8, 4) is 0 Å². The van der Waals surface area contributed by atoms with Gasteiger partial charge in [-0.25, -0.2) is 4.79 Å². The van der Waals surface area contributed by atoms with Crippen LogP contribution < -0.4 is 5.73 Å². The van der Waals surface area contributed by atoms with Crippen molar-refractivity contribution in [3.05, 3.63) is 83.4 Å². The van der Waals surface area contributed by atoms with Crippen LogP contribution in [0.3, 0.4) is 0 Å². The molecule has 3 N–H and O–H groups in total. The lowest BCUT2D eigenvalue weighted by atomic mass is 9.86. The average molecular weight is 504 g/mol. The summed E-state index contributed by atoms with van der Waals surface area (Å²) in [5.41, 5.74) is 8.47. The summed E-state index contributed by atoms with van der Waals surface area (Å²) in [6.07, 6.45) is 1.52. The van der Waals surface area contributed by atoms with Gasteiger partial charge in [0.1, 0.15) is 11.4 Å². The number of likely N-dealkylation sites (tertiary alicyclic amines) is 1. The fourth-order valence-corrected chi connectivity index (χ4v) is 4.74. The number of amides is 1. The Kier molecular flexibility index (Phi) is 8.34. The summed E-state index contributed by atoms with van der Waals surface area (Å²) < 4.78 is 12.2. The summed E-state index contributed by atoms with van der Waals surface area (Å²) in [7, 11) is 0. The zero-order chi connectivity index (χ0) is 26.4. The van der Waals surface area contributed by atoms with Crippen LogP contribution in [-0.4, -0.2) is 46.8 Å². The molecule has 7 nitrogen and oxygen atoms in total. The van der Waals surface area contributed by atoms with Gasteiger partial charge in [-0.3, -0.25) is 0 Å². The van der Waals surface area contributed by atoms with Gasteiger partial charge in [0.05, 0.1) is 19.3 Å². The largest absolute Gasteiger partial charge is 0.444 e. The maximum atomic E-state index is 12.8.